The number of aromatic nitrogens is 1. The lowest BCUT2D eigenvalue weighted by atomic mass is 9.93. The van der Waals surface area contributed by atoms with Crippen molar-refractivity contribution in [1.82, 2.24) is 9.88 Å². The van der Waals surface area contributed by atoms with Crippen LogP contribution < -0.4 is 4.74 Å². The van der Waals surface area contributed by atoms with Gasteiger partial charge in [0.15, 0.2) is 0 Å². The molecule has 1 fully saturated rings. The fraction of sp³-hybridized carbons (Fsp3) is 0.400. The van der Waals surface area contributed by atoms with Gasteiger partial charge in [0.1, 0.15) is 18.0 Å². The van der Waals surface area contributed by atoms with Crippen LogP contribution in [0.5, 0.6) is 5.75 Å². The number of rotatable bonds is 4. The lowest BCUT2D eigenvalue weighted by molar-refractivity contribution is -0.0532. The Kier molecular flexibility index (Phi) is 5.04. The molecule has 0 radical (unpaired) electrons. The number of likely N-dealkylation sites (tertiary alicyclic amines) is 1. The third-order valence-corrected chi connectivity index (χ3v) is 4.62. The van der Waals surface area contributed by atoms with Crippen molar-refractivity contribution < 1.29 is 14.6 Å². The summed E-state index contributed by atoms with van der Waals surface area (Å²) in [4.78, 5) is 18.5. The van der Waals surface area contributed by atoms with Crippen LogP contribution in [-0.4, -0.2) is 46.2 Å². The van der Waals surface area contributed by atoms with Crippen LogP contribution in [-0.2, 0) is 0 Å². The summed E-state index contributed by atoms with van der Waals surface area (Å²) in [5.41, 5.74) is 1.61. The third-order valence-electron chi connectivity index (χ3n) is 4.62. The predicted molar refractivity (Wildman–Crippen MR) is 95.7 cm³/mol. The Morgan fingerprint density at radius 3 is 2.76 bits per heavy atom. The lowest BCUT2D eigenvalue weighted by Crippen LogP contribution is -2.53. The summed E-state index contributed by atoms with van der Waals surface area (Å²) in [5, 5.41) is 10.9. The second kappa shape index (κ2) is 7.23. The Morgan fingerprint density at radius 2 is 2.04 bits per heavy atom. The van der Waals surface area contributed by atoms with Gasteiger partial charge in [-0.05, 0) is 50.5 Å². The first kappa shape index (κ1) is 17.4. The van der Waals surface area contributed by atoms with E-state index in [0.717, 1.165) is 23.3 Å². The van der Waals surface area contributed by atoms with Crippen LogP contribution >= 0.6 is 0 Å². The molecule has 0 spiro atoms. The Hall–Kier alpha value is -2.40. The average Bonchev–Trinajstić information content (AvgIpc) is 2.61. The Bertz CT molecular complexity index is 745. The Morgan fingerprint density at radius 1 is 1.28 bits per heavy atom. The number of amides is 1. The van der Waals surface area contributed by atoms with Gasteiger partial charge >= 0.3 is 0 Å². The molecule has 1 N–H and O–H groups in total. The summed E-state index contributed by atoms with van der Waals surface area (Å²) < 4.78 is 5.76. The maximum absolute atomic E-state index is 12.8. The monoisotopic (exact) mass is 340 g/mol. The first-order chi connectivity index (χ1) is 12.0. The highest BCUT2D eigenvalue weighted by Crippen LogP contribution is 2.25. The van der Waals surface area contributed by atoms with E-state index in [0.29, 0.717) is 18.5 Å². The topological polar surface area (TPSA) is 62.7 Å². The molecular weight excluding hydrogens is 316 g/mol. The molecule has 5 heteroatoms. The van der Waals surface area contributed by atoms with Crippen molar-refractivity contribution in [2.45, 2.75) is 32.3 Å². The summed E-state index contributed by atoms with van der Waals surface area (Å²) >= 11 is 0. The van der Waals surface area contributed by atoms with Crippen molar-refractivity contribution in [3.05, 3.63) is 59.4 Å². The van der Waals surface area contributed by atoms with Crippen molar-refractivity contribution in [3.63, 3.8) is 0 Å². The lowest BCUT2D eigenvalue weighted by Gasteiger charge is -2.39. The fourth-order valence-electron chi connectivity index (χ4n) is 3.14. The van der Waals surface area contributed by atoms with Gasteiger partial charge in [0.2, 0.25) is 0 Å². The third kappa shape index (κ3) is 4.17. The number of piperidine rings is 1. The predicted octanol–water partition coefficient (Wildman–Crippen LogP) is 2.74. The van der Waals surface area contributed by atoms with E-state index >= 15 is 0 Å². The highest BCUT2D eigenvalue weighted by Gasteiger charge is 2.36. The summed E-state index contributed by atoms with van der Waals surface area (Å²) in [6.07, 6.45) is 4.68. The Balaban J connectivity index is 1.66. The van der Waals surface area contributed by atoms with Crippen LogP contribution in [0.3, 0.4) is 0 Å². The standard InChI is InChI=1S/C20H24N2O3/c1-15-4-6-17(7-5-15)25-14-20(24)9-3-11-22(13-20)19(23)18-8-10-21-12-16(18)2/h4-8,10,12,24H,3,9,11,13-14H2,1-2H3/t20-/m0/s1. The van der Waals surface area contributed by atoms with E-state index < -0.39 is 5.60 Å². The molecule has 25 heavy (non-hydrogen) atoms. The smallest absolute Gasteiger partial charge is 0.254 e. The number of hydrogen-bond donors (Lipinski definition) is 1. The number of ether oxygens (including phenoxy) is 1. The van der Waals surface area contributed by atoms with Crippen LogP contribution in [0.4, 0.5) is 0 Å². The van der Waals surface area contributed by atoms with Gasteiger partial charge in [-0.3, -0.25) is 9.78 Å². The van der Waals surface area contributed by atoms with Crippen molar-refractivity contribution in [1.29, 1.82) is 0 Å². The van der Waals surface area contributed by atoms with Crippen LogP contribution in [0.1, 0.15) is 34.3 Å². The zero-order chi connectivity index (χ0) is 17.9. The minimum absolute atomic E-state index is 0.0617. The first-order valence-corrected chi connectivity index (χ1v) is 8.59. The maximum Gasteiger partial charge on any atom is 0.254 e. The average molecular weight is 340 g/mol. The van der Waals surface area contributed by atoms with Crippen molar-refractivity contribution in [2.75, 3.05) is 19.7 Å². The van der Waals surface area contributed by atoms with Crippen LogP contribution in [0, 0.1) is 13.8 Å². The SMILES string of the molecule is Cc1ccc(OC[C@]2(O)CCCN(C(=O)c3ccncc3C)C2)cc1. The quantitative estimate of drug-likeness (QED) is 0.930. The molecular formula is C20H24N2O3. The van der Waals surface area contributed by atoms with Gasteiger partial charge in [-0.2, -0.15) is 0 Å². The highest BCUT2D eigenvalue weighted by molar-refractivity contribution is 5.95. The molecule has 1 aliphatic rings. The molecule has 0 aliphatic carbocycles. The van der Waals surface area contributed by atoms with Gasteiger partial charge in [0.05, 0.1) is 6.54 Å². The van der Waals surface area contributed by atoms with E-state index in [2.05, 4.69) is 4.98 Å². The van der Waals surface area contributed by atoms with Crippen LogP contribution in [0.25, 0.3) is 0 Å². The minimum Gasteiger partial charge on any atom is -0.491 e. The molecule has 1 saturated heterocycles. The van der Waals surface area contributed by atoms with E-state index in [4.69, 9.17) is 4.74 Å². The minimum atomic E-state index is -1.03. The number of nitrogens with zero attached hydrogens (tertiary/aromatic N) is 2. The highest BCUT2D eigenvalue weighted by atomic mass is 16.5. The molecule has 1 aromatic heterocycles. The first-order valence-electron chi connectivity index (χ1n) is 8.59. The number of aryl methyl sites for hydroxylation is 2. The van der Waals surface area contributed by atoms with Gasteiger partial charge in [-0.15, -0.1) is 0 Å². The van der Waals surface area contributed by atoms with E-state index in [1.165, 1.54) is 0 Å². The second-order valence-electron chi connectivity index (χ2n) is 6.85. The van der Waals surface area contributed by atoms with Gasteiger partial charge in [-0.25, -0.2) is 0 Å². The molecule has 132 valence electrons. The van der Waals surface area contributed by atoms with E-state index in [1.54, 1.807) is 23.4 Å². The van der Waals surface area contributed by atoms with Gasteiger partial charge in [-0.1, -0.05) is 17.7 Å². The number of hydrogen-bond acceptors (Lipinski definition) is 4. The van der Waals surface area contributed by atoms with Crippen molar-refractivity contribution in [3.8, 4) is 5.75 Å². The number of carbonyl (C=O) groups is 1. The van der Waals surface area contributed by atoms with Gasteiger partial charge in [0.25, 0.3) is 5.91 Å². The molecule has 0 bridgehead atoms. The van der Waals surface area contributed by atoms with E-state index in [9.17, 15) is 9.90 Å². The fourth-order valence-corrected chi connectivity index (χ4v) is 3.14. The van der Waals surface area contributed by atoms with Crippen molar-refractivity contribution >= 4 is 5.91 Å². The van der Waals surface area contributed by atoms with E-state index in [-0.39, 0.29) is 19.1 Å². The van der Waals surface area contributed by atoms with E-state index in [1.807, 2.05) is 38.1 Å². The molecule has 0 unspecified atom stereocenters. The molecule has 0 saturated carbocycles. The second-order valence-corrected chi connectivity index (χ2v) is 6.85. The molecule has 5 nitrogen and oxygen atoms in total. The number of aliphatic hydroxyl groups is 1. The molecule has 3 rings (SSSR count). The van der Waals surface area contributed by atoms with Crippen LogP contribution in [0.15, 0.2) is 42.7 Å². The molecule has 1 amide bonds. The number of benzene rings is 1. The molecule has 1 atom stereocenters. The number of carbonyl (C=O) groups excluding carboxylic acids is 1. The molecule has 2 aromatic rings. The van der Waals surface area contributed by atoms with Crippen LogP contribution in [0.2, 0.25) is 0 Å². The molecule has 1 aliphatic heterocycles. The number of pyridine rings is 1. The maximum atomic E-state index is 12.8. The number of β-amino-alcohol motifs (C(OH)–C–C–N with tert-alkyl or cyclic N) is 1. The van der Waals surface area contributed by atoms with Gasteiger partial charge in [0, 0.05) is 24.5 Å². The largest absolute Gasteiger partial charge is 0.491 e. The zero-order valence-corrected chi connectivity index (χ0v) is 14.7. The van der Waals surface area contributed by atoms with Crippen molar-refractivity contribution in [2.24, 2.45) is 0 Å². The summed E-state index contributed by atoms with van der Waals surface area (Å²) in [6.45, 7) is 4.99. The zero-order valence-electron chi connectivity index (χ0n) is 14.7. The summed E-state index contributed by atoms with van der Waals surface area (Å²) in [5.74, 6) is 0.667. The Labute approximate surface area is 148 Å². The van der Waals surface area contributed by atoms with Gasteiger partial charge < -0.3 is 14.7 Å². The molecule has 2 heterocycles. The summed E-state index contributed by atoms with van der Waals surface area (Å²) in [6, 6.07) is 9.47. The molecule has 1 aromatic carbocycles. The summed E-state index contributed by atoms with van der Waals surface area (Å²) in [7, 11) is 0. The normalized spacial score (nSPS) is 20.4.